The van der Waals surface area contributed by atoms with Gasteiger partial charge in [-0.2, -0.15) is 4.21 Å². The molecule has 0 aromatic heterocycles. The van der Waals surface area contributed by atoms with Crippen LogP contribution in [0.25, 0.3) is 0 Å². The molecule has 2 radical (unpaired) electrons. The number of rotatable bonds is 0. The zero-order valence-electron chi connectivity index (χ0n) is 4.31. The molecule has 2 N–H and O–H groups in total. The monoisotopic (exact) mass is 500 g/mol. The van der Waals surface area contributed by atoms with Gasteiger partial charge in [0.25, 0.3) is 11.4 Å². The Morgan fingerprint density at radius 2 is 1.29 bits per heavy atom. The summed E-state index contributed by atoms with van der Waals surface area (Å²) in [5.74, 6) is 0. The zero-order valence-corrected chi connectivity index (χ0v) is 10.5. The van der Waals surface area contributed by atoms with Gasteiger partial charge in [0.05, 0.1) is 0 Å². The van der Waals surface area contributed by atoms with Crippen LogP contribution in [0.3, 0.4) is 0 Å². The van der Waals surface area contributed by atoms with Crippen LogP contribution < -0.4 is 29.6 Å². The van der Waals surface area contributed by atoms with E-state index in [-0.39, 0.29) is 75.7 Å². The molecule has 0 aliphatic rings. The Bertz CT molecular complexity index is 40.3. The molecule has 50 valence electrons. The van der Waals surface area contributed by atoms with E-state index < -0.39 is 11.4 Å². The fourth-order valence-electron chi connectivity index (χ4n) is 0. The van der Waals surface area contributed by atoms with E-state index in [4.69, 9.17) is 13.3 Å². The third kappa shape index (κ3) is 56.4. The van der Waals surface area contributed by atoms with E-state index >= 15 is 0 Å². The van der Waals surface area contributed by atoms with Gasteiger partial charge >= 0.3 is 29.6 Å². The molecule has 0 aliphatic carbocycles. The molecule has 0 fully saturated rings. The van der Waals surface area contributed by atoms with E-state index in [1.807, 2.05) is 0 Å². The van der Waals surface area contributed by atoms with Crippen LogP contribution in [0.15, 0.2) is 0 Å². The first-order valence-corrected chi connectivity index (χ1v) is 1.60. The summed E-state index contributed by atoms with van der Waals surface area (Å²) in [5, 5.41) is 0. The van der Waals surface area contributed by atoms with Crippen molar-refractivity contribution in [2.24, 2.45) is 0 Å². The van der Waals surface area contributed by atoms with Gasteiger partial charge in [-0.15, -0.1) is 0 Å². The maximum Gasteiger partial charge on any atom is 1.00 e. The first kappa shape index (κ1) is 22.7. The SMILES string of the molecule is O=S(O)O.[Au].[Au].[H-].[Na+]. The van der Waals surface area contributed by atoms with E-state index in [0.29, 0.717) is 0 Å². The molecule has 0 atom stereocenters. The van der Waals surface area contributed by atoms with Crippen molar-refractivity contribution in [1.29, 1.82) is 0 Å². The average molecular weight is 500 g/mol. The van der Waals surface area contributed by atoms with Gasteiger partial charge in [-0.1, -0.05) is 0 Å². The Labute approximate surface area is 98.9 Å². The summed E-state index contributed by atoms with van der Waals surface area (Å²) < 4.78 is 22.8. The average Bonchev–Trinajstić information content (AvgIpc) is 0.811. The van der Waals surface area contributed by atoms with Gasteiger partial charge in [0, 0.05) is 44.8 Å². The summed E-state index contributed by atoms with van der Waals surface area (Å²) in [6, 6.07) is 0. The van der Waals surface area contributed by atoms with Crippen molar-refractivity contribution in [2.75, 3.05) is 0 Å². The second-order valence-electron chi connectivity index (χ2n) is 0.231. The fourth-order valence-corrected chi connectivity index (χ4v) is 0. The van der Waals surface area contributed by atoms with Gasteiger partial charge in [0.1, 0.15) is 0 Å². The van der Waals surface area contributed by atoms with E-state index in [2.05, 4.69) is 0 Å². The first-order valence-electron chi connectivity index (χ1n) is 0.532. The van der Waals surface area contributed by atoms with E-state index in [0.717, 1.165) is 0 Å². The van der Waals surface area contributed by atoms with Crippen molar-refractivity contribution in [3.63, 3.8) is 0 Å². The summed E-state index contributed by atoms with van der Waals surface area (Å²) in [7, 11) is 0. The van der Waals surface area contributed by atoms with Crippen LogP contribution in [0, 0.1) is 0 Å². The molecular formula is H3Au2NaO3S. The molecule has 7 heavy (non-hydrogen) atoms. The van der Waals surface area contributed by atoms with E-state index in [9.17, 15) is 0 Å². The molecule has 0 heterocycles. The Hall–Kier alpha value is 2.55. The summed E-state index contributed by atoms with van der Waals surface area (Å²) in [5.41, 5.74) is 0. The topological polar surface area (TPSA) is 57.5 Å². The minimum Gasteiger partial charge on any atom is -1.00 e. The minimum absolute atomic E-state index is 0. The van der Waals surface area contributed by atoms with Crippen molar-refractivity contribution in [3.8, 4) is 0 Å². The Morgan fingerprint density at radius 1 is 1.29 bits per heavy atom. The molecule has 0 unspecified atom stereocenters. The van der Waals surface area contributed by atoms with Crippen molar-refractivity contribution in [3.05, 3.63) is 0 Å². The molecule has 0 aliphatic heterocycles. The molecule has 0 amide bonds. The molecule has 7 heteroatoms. The maximum atomic E-state index is 8.67. The van der Waals surface area contributed by atoms with Crippen molar-refractivity contribution in [2.45, 2.75) is 0 Å². The summed E-state index contributed by atoms with van der Waals surface area (Å²) in [6.07, 6.45) is 0. The summed E-state index contributed by atoms with van der Waals surface area (Å²) >= 11 is -2.61. The molecule has 0 aromatic rings. The first-order chi connectivity index (χ1) is 1.73. The van der Waals surface area contributed by atoms with Gasteiger partial charge in [-0.25, -0.2) is 0 Å². The molecule has 0 spiro atoms. The zero-order chi connectivity index (χ0) is 3.58. The van der Waals surface area contributed by atoms with Gasteiger partial charge < -0.3 is 1.43 Å². The predicted octanol–water partition coefficient (Wildman–Crippen LogP) is -3.21. The minimum atomic E-state index is -2.61. The van der Waals surface area contributed by atoms with Gasteiger partial charge in [0.2, 0.25) is 0 Å². The molecule has 0 saturated carbocycles. The molecule has 0 saturated heterocycles. The van der Waals surface area contributed by atoms with Crippen molar-refractivity contribution < 1.29 is 89.1 Å². The van der Waals surface area contributed by atoms with Gasteiger partial charge in [0.15, 0.2) is 0 Å². The van der Waals surface area contributed by atoms with E-state index in [1.165, 1.54) is 0 Å². The fraction of sp³-hybridized carbons (Fsp3) is 0. The molecule has 3 nitrogen and oxygen atoms in total. The Balaban J connectivity index is -0.00000000750. The quantitative estimate of drug-likeness (QED) is 0.273. The third-order valence-corrected chi connectivity index (χ3v) is 0. The number of hydrogen-bond acceptors (Lipinski definition) is 1. The second-order valence-corrected chi connectivity index (χ2v) is 0.692. The molecule has 0 rings (SSSR count). The van der Waals surface area contributed by atoms with Crippen molar-refractivity contribution in [1.82, 2.24) is 0 Å². The predicted molar refractivity (Wildman–Crippen MR) is 14.5 cm³/mol. The normalized spacial score (nSPS) is 5.00. The van der Waals surface area contributed by atoms with E-state index in [1.54, 1.807) is 0 Å². The summed E-state index contributed by atoms with van der Waals surface area (Å²) in [6.45, 7) is 0. The van der Waals surface area contributed by atoms with Crippen molar-refractivity contribution >= 4 is 11.4 Å². The van der Waals surface area contributed by atoms with Crippen LogP contribution >= 0.6 is 0 Å². The second kappa shape index (κ2) is 15.8. The van der Waals surface area contributed by atoms with Gasteiger partial charge in [-0.05, 0) is 0 Å². The Kier molecular flexibility index (Phi) is 51.2. The van der Waals surface area contributed by atoms with Crippen LogP contribution in [-0.4, -0.2) is 13.3 Å². The molecule has 0 aromatic carbocycles. The summed E-state index contributed by atoms with van der Waals surface area (Å²) in [4.78, 5) is 0. The number of hydrogen-bond donors (Lipinski definition) is 2. The van der Waals surface area contributed by atoms with Crippen LogP contribution in [-0.2, 0) is 56.1 Å². The largest absolute Gasteiger partial charge is 1.00 e. The van der Waals surface area contributed by atoms with Gasteiger partial charge in [-0.3, -0.25) is 9.11 Å². The third-order valence-electron chi connectivity index (χ3n) is 0. The molecule has 0 bridgehead atoms. The van der Waals surface area contributed by atoms with Crippen LogP contribution in [0.5, 0.6) is 0 Å². The standard InChI is InChI=1S/2Au.Na.H2O3S.H/c;;;1-4(2)3;/h;;;(H2,1,2,3);/q;;+1;;-1. The van der Waals surface area contributed by atoms with Crippen LogP contribution in [0.4, 0.5) is 0 Å². The molecular weight excluding hydrogens is 497 g/mol. The maximum absolute atomic E-state index is 8.67. The smallest absolute Gasteiger partial charge is 1.00 e. The Morgan fingerprint density at radius 3 is 1.29 bits per heavy atom. The van der Waals surface area contributed by atoms with Crippen LogP contribution in [0.1, 0.15) is 1.43 Å². The van der Waals surface area contributed by atoms with Crippen LogP contribution in [0.2, 0.25) is 0 Å².